The molecule has 0 aromatic heterocycles. The molecule has 94 valence electrons. The lowest BCUT2D eigenvalue weighted by molar-refractivity contribution is -0.129. The minimum atomic E-state index is -0.533. The van der Waals surface area contributed by atoms with Crippen LogP contribution in [0.15, 0.2) is 18.2 Å². The molecule has 1 aliphatic rings. The first kappa shape index (κ1) is 12.8. The molecule has 1 aliphatic heterocycles. The molecule has 1 fully saturated rings. The van der Waals surface area contributed by atoms with Crippen LogP contribution >= 0.6 is 11.6 Å². The number of hydrogen-bond acceptors (Lipinski definition) is 3. The van der Waals surface area contributed by atoms with Crippen LogP contribution in [0, 0.1) is 17.1 Å². The van der Waals surface area contributed by atoms with Crippen molar-refractivity contribution < 1.29 is 13.9 Å². The minimum Gasteiger partial charge on any atom is -0.365 e. The van der Waals surface area contributed by atoms with Crippen LogP contribution in [0.25, 0.3) is 0 Å². The molecule has 0 aliphatic carbocycles. The Labute approximate surface area is 109 Å². The molecule has 1 saturated heterocycles. The smallest absolute Gasteiger partial charge is 0.253 e. The van der Waals surface area contributed by atoms with Gasteiger partial charge in [0.2, 0.25) is 0 Å². The van der Waals surface area contributed by atoms with E-state index in [2.05, 4.69) is 0 Å². The lowest BCUT2D eigenvalue weighted by atomic mass is 10.2. The first-order valence-corrected chi connectivity index (χ1v) is 5.73. The van der Waals surface area contributed by atoms with Crippen LogP contribution in [0.5, 0.6) is 0 Å². The molecule has 1 atom stereocenters. The van der Waals surface area contributed by atoms with Gasteiger partial charge in [-0.3, -0.25) is 4.79 Å². The van der Waals surface area contributed by atoms with E-state index in [9.17, 15) is 9.18 Å². The summed E-state index contributed by atoms with van der Waals surface area (Å²) in [5, 5.41) is 8.58. The number of rotatable bonds is 2. The molecule has 1 aromatic rings. The Morgan fingerprint density at radius 3 is 3.06 bits per heavy atom. The van der Waals surface area contributed by atoms with Gasteiger partial charge in [0.05, 0.1) is 30.2 Å². The van der Waals surface area contributed by atoms with Crippen LogP contribution in [0.2, 0.25) is 5.02 Å². The summed E-state index contributed by atoms with van der Waals surface area (Å²) in [6.45, 7) is 0.190. The second kappa shape index (κ2) is 5.34. The fourth-order valence-corrected chi connectivity index (χ4v) is 1.93. The van der Waals surface area contributed by atoms with Crippen molar-refractivity contribution in [1.82, 2.24) is 0 Å². The van der Waals surface area contributed by atoms with E-state index in [1.165, 1.54) is 23.1 Å². The normalized spacial score (nSPS) is 19.7. The van der Waals surface area contributed by atoms with Gasteiger partial charge in [-0.05, 0) is 18.2 Å². The van der Waals surface area contributed by atoms with E-state index in [0.29, 0.717) is 5.69 Å². The van der Waals surface area contributed by atoms with Gasteiger partial charge in [0.25, 0.3) is 5.91 Å². The number of carbonyl (C=O) groups excluding carboxylic acids is 1. The fourth-order valence-electron chi connectivity index (χ4n) is 1.75. The van der Waals surface area contributed by atoms with Crippen LogP contribution in [0.4, 0.5) is 10.1 Å². The highest BCUT2D eigenvalue weighted by Gasteiger charge is 2.27. The largest absolute Gasteiger partial charge is 0.365 e. The van der Waals surface area contributed by atoms with E-state index in [-0.39, 0.29) is 36.6 Å². The molecule has 0 bridgehead atoms. The monoisotopic (exact) mass is 268 g/mol. The Kier molecular flexibility index (Phi) is 3.80. The van der Waals surface area contributed by atoms with Crippen LogP contribution in [0.1, 0.15) is 6.42 Å². The Balaban J connectivity index is 2.22. The highest BCUT2D eigenvalue weighted by molar-refractivity contribution is 6.31. The molecule has 2 rings (SSSR count). The van der Waals surface area contributed by atoms with E-state index < -0.39 is 5.82 Å². The predicted molar refractivity (Wildman–Crippen MR) is 63.7 cm³/mol. The summed E-state index contributed by atoms with van der Waals surface area (Å²) in [6, 6.07) is 6.08. The maximum atomic E-state index is 13.1. The summed E-state index contributed by atoms with van der Waals surface area (Å²) in [4.78, 5) is 13.2. The summed E-state index contributed by atoms with van der Waals surface area (Å²) >= 11 is 5.68. The van der Waals surface area contributed by atoms with Crippen molar-refractivity contribution in [3.05, 3.63) is 29.0 Å². The molecule has 0 N–H and O–H groups in total. The number of ether oxygens (including phenoxy) is 1. The van der Waals surface area contributed by atoms with Gasteiger partial charge in [-0.2, -0.15) is 5.26 Å². The lowest BCUT2D eigenvalue weighted by Crippen LogP contribution is -2.46. The SMILES string of the molecule is N#CCC1CN(c2ccc(F)c(Cl)c2)C(=O)CO1. The van der Waals surface area contributed by atoms with Gasteiger partial charge in [0.1, 0.15) is 12.4 Å². The number of hydrogen-bond donors (Lipinski definition) is 0. The number of nitriles is 1. The Morgan fingerprint density at radius 2 is 2.39 bits per heavy atom. The molecule has 1 amide bonds. The Hall–Kier alpha value is -1.64. The molecule has 0 saturated carbocycles. The second-order valence-electron chi connectivity index (χ2n) is 3.90. The van der Waals surface area contributed by atoms with E-state index in [0.717, 1.165) is 0 Å². The number of halogens is 2. The van der Waals surface area contributed by atoms with Crippen LogP contribution < -0.4 is 4.90 Å². The third kappa shape index (κ3) is 2.61. The average molecular weight is 269 g/mol. The molecule has 18 heavy (non-hydrogen) atoms. The molecule has 1 unspecified atom stereocenters. The van der Waals surface area contributed by atoms with E-state index in [4.69, 9.17) is 21.6 Å². The Morgan fingerprint density at radius 1 is 1.61 bits per heavy atom. The molecular formula is C12H10ClFN2O2. The predicted octanol–water partition coefficient (Wildman–Crippen LogP) is 2.12. The summed E-state index contributed by atoms with van der Waals surface area (Å²) in [7, 11) is 0. The summed E-state index contributed by atoms with van der Waals surface area (Å²) in [5.74, 6) is -0.762. The zero-order valence-electron chi connectivity index (χ0n) is 9.40. The van der Waals surface area contributed by atoms with E-state index in [1.54, 1.807) is 0 Å². The first-order valence-electron chi connectivity index (χ1n) is 5.36. The minimum absolute atomic E-state index is 0.0383. The fraction of sp³-hybridized carbons (Fsp3) is 0.333. The highest BCUT2D eigenvalue weighted by atomic mass is 35.5. The van der Waals surface area contributed by atoms with Crippen LogP contribution in [-0.4, -0.2) is 25.2 Å². The zero-order chi connectivity index (χ0) is 13.1. The lowest BCUT2D eigenvalue weighted by Gasteiger charge is -2.31. The number of nitrogens with zero attached hydrogens (tertiary/aromatic N) is 2. The van der Waals surface area contributed by atoms with Crippen molar-refractivity contribution in [3.8, 4) is 6.07 Å². The molecular weight excluding hydrogens is 259 g/mol. The number of carbonyl (C=O) groups is 1. The molecule has 0 spiro atoms. The number of benzene rings is 1. The topological polar surface area (TPSA) is 53.3 Å². The van der Waals surface area contributed by atoms with Crippen molar-refractivity contribution in [1.29, 1.82) is 5.26 Å². The maximum absolute atomic E-state index is 13.1. The van der Waals surface area contributed by atoms with Gasteiger partial charge in [-0.25, -0.2) is 4.39 Å². The van der Waals surface area contributed by atoms with Gasteiger partial charge in [0, 0.05) is 5.69 Å². The number of anilines is 1. The molecule has 1 aromatic carbocycles. The molecule has 4 nitrogen and oxygen atoms in total. The quantitative estimate of drug-likeness (QED) is 0.826. The molecule has 1 heterocycles. The van der Waals surface area contributed by atoms with Gasteiger partial charge in [-0.15, -0.1) is 0 Å². The third-order valence-corrected chi connectivity index (χ3v) is 2.95. The van der Waals surface area contributed by atoms with Gasteiger partial charge >= 0.3 is 0 Å². The summed E-state index contributed by atoms with van der Waals surface area (Å²) in [6.07, 6.45) is -0.116. The summed E-state index contributed by atoms with van der Waals surface area (Å²) in [5.41, 5.74) is 0.512. The van der Waals surface area contributed by atoms with Gasteiger partial charge in [0.15, 0.2) is 0 Å². The molecule has 0 radical (unpaired) electrons. The molecule has 6 heteroatoms. The van der Waals surface area contributed by atoms with Crippen LogP contribution in [0.3, 0.4) is 0 Å². The van der Waals surface area contributed by atoms with Gasteiger partial charge in [-0.1, -0.05) is 11.6 Å². The Bertz CT molecular complexity index is 515. The second-order valence-corrected chi connectivity index (χ2v) is 4.31. The number of morpholine rings is 1. The average Bonchev–Trinajstić information content (AvgIpc) is 2.35. The van der Waals surface area contributed by atoms with Crippen molar-refractivity contribution in [2.24, 2.45) is 0 Å². The van der Waals surface area contributed by atoms with Crippen molar-refractivity contribution >= 4 is 23.2 Å². The first-order chi connectivity index (χ1) is 8.61. The third-order valence-electron chi connectivity index (χ3n) is 2.66. The van der Waals surface area contributed by atoms with Crippen LogP contribution in [-0.2, 0) is 9.53 Å². The zero-order valence-corrected chi connectivity index (χ0v) is 10.2. The highest BCUT2D eigenvalue weighted by Crippen LogP contribution is 2.25. The van der Waals surface area contributed by atoms with Crippen molar-refractivity contribution in [3.63, 3.8) is 0 Å². The summed E-state index contributed by atoms with van der Waals surface area (Å²) < 4.78 is 18.3. The van der Waals surface area contributed by atoms with Crippen molar-refractivity contribution in [2.45, 2.75) is 12.5 Å². The van der Waals surface area contributed by atoms with E-state index >= 15 is 0 Å². The maximum Gasteiger partial charge on any atom is 0.253 e. The number of amides is 1. The van der Waals surface area contributed by atoms with Crippen molar-refractivity contribution in [2.75, 3.05) is 18.1 Å². The standard InChI is InChI=1S/C12H10ClFN2O2/c13-10-5-8(1-2-11(10)14)16-6-9(3-4-15)18-7-12(16)17/h1-2,5,9H,3,6-7H2. The van der Waals surface area contributed by atoms with Gasteiger partial charge < -0.3 is 9.64 Å². The van der Waals surface area contributed by atoms with E-state index in [1.807, 2.05) is 6.07 Å².